The Kier molecular flexibility index (Phi) is 9.52. The number of methoxy groups -OCH3 is 1. The predicted octanol–water partition coefficient (Wildman–Crippen LogP) is 1.56. The van der Waals surface area contributed by atoms with Crippen molar-refractivity contribution in [3.05, 3.63) is 66.0 Å². The Labute approximate surface area is 209 Å². The first-order valence-electron chi connectivity index (χ1n) is 11.8. The van der Waals surface area contributed by atoms with Gasteiger partial charge in [0.05, 0.1) is 19.8 Å². The maximum atomic E-state index is 13.1. The summed E-state index contributed by atoms with van der Waals surface area (Å²) in [5, 5.41) is 11.7. The molecule has 10 nitrogen and oxygen atoms in total. The summed E-state index contributed by atoms with van der Waals surface area (Å²) in [6.07, 6.45) is 4.84. The third-order valence-corrected chi connectivity index (χ3v) is 6.22. The highest BCUT2D eigenvalue weighted by Gasteiger charge is 2.39. The molecule has 1 aliphatic heterocycles. The summed E-state index contributed by atoms with van der Waals surface area (Å²) in [4.78, 5) is 51.3. The number of aliphatic hydroxyl groups excluding tert-OH is 1. The number of likely N-dealkylation sites (tertiary alicyclic amines) is 1. The van der Waals surface area contributed by atoms with E-state index in [-0.39, 0.29) is 18.1 Å². The molecule has 1 aromatic heterocycles. The second kappa shape index (κ2) is 12.8. The number of esters is 1. The second-order valence-corrected chi connectivity index (χ2v) is 8.63. The fourth-order valence-electron chi connectivity index (χ4n) is 4.30. The molecular weight excluding hydrogens is 466 g/mol. The van der Waals surface area contributed by atoms with Crippen LogP contribution in [0, 0.1) is 0 Å². The van der Waals surface area contributed by atoms with Crippen molar-refractivity contribution < 1.29 is 38.3 Å². The van der Waals surface area contributed by atoms with Crippen LogP contribution in [0.4, 0.5) is 4.79 Å². The first-order valence-corrected chi connectivity index (χ1v) is 11.8. The number of carbonyl (C=O) groups excluding carboxylic acids is 4. The third kappa shape index (κ3) is 6.66. The Bertz CT molecular complexity index is 1080. The minimum Gasteiger partial charge on any atom is -0.468 e. The van der Waals surface area contributed by atoms with Gasteiger partial charge in [-0.15, -0.1) is 0 Å². The molecule has 3 atom stereocenters. The molecule has 1 aliphatic rings. The van der Waals surface area contributed by atoms with Gasteiger partial charge in [-0.25, -0.2) is 4.79 Å². The molecule has 2 aromatic rings. The summed E-state index contributed by atoms with van der Waals surface area (Å²) >= 11 is 0. The summed E-state index contributed by atoms with van der Waals surface area (Å²) < 4.78 is 12.1. The minimum atomic E-state index is -0.993. The number of ether oxygens (including phenoxy) is 2. The molecular formula is C26H32N3O7+. The summed E-state index contributed by atoms with van der Waals surface area (Å²) in [5.41, 5.74) is 1.01. The van der Waals surface area contributed by atoms with E-state index in [1.165, 1.54) is 24.8 Å². The van der Waals surface area contributed by atoms with Gasteiger partial charge in [-0.3, -0.25) is 14.4 Å². The number of pyridine rings is 1. The lowest BCUT2D eigenvalue weighted by atomic mass is 9.85. The standard InChI is InChI=1S/C26H31N3O7/c1-18(31)21(16-30)27-24(32)20-11-8-13-28(15-20)17-36-26(34)29-14-7-6-12-22(29)23(25(33)35-2)19-9-4-3-5-10-19/h3-5,8-11,13,15,21-23,30H,6-7,12,14,16-17H2,1-2H3/p+1. The number of rotatable bonds is 9. The quantitative estimate of drug-likeness (QED) is 0.397. The molecule has 0 aliphatic carbocycles. The zero-order chi connectivity index (χ0) is 26.1. The van der Waals surface area contributed by atoms with Crippen molar-refractivity contribution in [2.45, 2.75) is 50.9 Å². The van der Waals surface area contributed by atoms with Crippen molar-refractivity contribution >= 4 is 23.8 Å². The van der Waals surface area contributed by atoms with Crippen molar-refractivity contribution in [2.24, 2.45) is 0 Å². The van der Waals surface area contributed by atoms with E-state index in [0.29, 0.717) is 13.0 Å². The van der Waals surface area contributed by atoms with Crippen molar-refractivity contribution in [1.29, 1.82) is 0 Å². The van der Waals surface area contributed by atoms with E-state index in [0.717, 1.165) is 18.4 Å². The number of aliphatic hydroxyl groups is 1. The van der Waals surface area contributed by atoms with Gasteiger partial charge in [-0.05, 0) is 37.8 Å². The van der Waals surface area contributed by atoms with Crippen LogP contribution in [0.1, 0.15) is 48.0 Å². The smallest absolute Gasteiger partial charge is 0.414 e. The molecule has 2 heterocycles. The van der Waals surface area contributed by atoms with Gasteiger partial charge in [0.15, 0.2) is 18.2 Å². The first-order chi connectivity index (χ1) is 17.3. The van der Waals surface area contributed by atoms with E-state index in [9.17, 15) is 24.3 Å². The van der Waals surface area contributed by atoms with Crippen LogP contribution in [-0.4, -0.2) is 66.1 Å². The minimum absolute atomic E-state index is 0.159. The van der Waals surface area contributed by atoms with Gasteiger partial charge in [-0.2, -0.15) is 4.57 Å². The lowest BCUT2D eigenvalue weighted by Crippen LogP contribution is -2.50. The molecule has 3 rings (SSSR count). The van der Waals surface area contributed by atoms with Gasteiger partial charge in [0.25, 0.3) is 12.6 Å². The molecule has 2 amide bonds. The monoisotopic (exact) mass is 498 g/mol. The average molecular weight is 499 g/mol. The maximum absolute atomic E-state index is 13.1. The highest BCUT2D eigenvalue weighted by atomic mass is 16.6. The normalized spacial score (nSPS) is 17.0. The van der Waals surface area contributed by atoms with Gasteiger partial charge in [-0.1, -0.05) is 30.3 Å². The largest absolute Gasteiger partial charge is 0.468 e. The van der Waals surface area contributed by atoms with Crippen molar-refractivity contribution in [3.63, 3.8) is 0 Å². The molecule has 0 radical (unpaired) electrons. The van der Waals surface area contributed by atoms with E-state index >= 15 is 0 Å². The fourth-order valence-corrected chi connectivity index (χ4v) is 4.30. The van der Waals surface area contributed by atoms with E-state index < -0.39 is 42.6 Å². The fraction of sp³-hybridized carbons (Fsp3) is 0.423. The zero-order valence-corrected chi connectivity index (χ0v) is 20.5. The van der Waals surface area contributed by atoms with E-state index in [1.807, 2.05) is 30.3 Å². The van der Waals surface area contributed by atoms with Gasteiger partial charge < -0.3 is 24.8 Å². The predicted molar refractivity (Wildman–Crippen MR) is 128 cm³/mol. The van der Waals surface area contributed by atoms with Crippen LogP contribution in [0.25, 0.3) is 0 Å². The number of ketones is 1. The van der Waals surface area contributed by atoms with Crippen LogP contribution >= 0.6 is 0 Å². The van der Waals surface area contributed by atoms with Gasteiger partial charge >= 0.3 is 12.1 Å². The zero-order valence-electron chi connectivity index (χ0n) is 20.5. The number of nitrogens with one attached hydrogen (secondary N) is 1. The number of piperidine rings is 1. The molecule has 3 unspecified atom stereocenters. The van der Waals surface area contributed by atoms with Crippen molar-refractivity contribution in [1.82, 2.24) is 10.2 Å². The lowest BCUT2D eigenvalue weighted by molar-refractivity contribution is -0.727. The summed E-state index contributed by atoms with van der Waals surface area (Å²) in [7, 11) is 1.34. The molecule has 1 fully saturated rings. The average Bonchev–Trinajstić information content (AvgIpc) is 2.91. The highest BCUT2D eigenvalue weighted by molar-refractivity contribution is 5.97. The number of hydrogen-bond acceptors (Lipinski definition) is 7. The second-order valence-electron chi connectivity index (χ2n) is 8.63. The maximum Gasteiger partial charge on any atom is 0.414 e. The van der Waals surface area contributed by atoms with Crippen molar-refractivity contribution in [2.75, 3.05) is 20.3 Å². The van der Waals surface area contributed by atoms with Crippen LogP contribution in [0.2, 0.25) is 0 Å². The van der Waals surface area contributed by atoms with Gasteiger partial charge in [0.1, 0.15) is 17.5 Å². The highest BCUT2D eigenvalue weighted by Crippen LogP contribution is 2.32. The topological polar surface area (TPSA) is 126 Å². The van der Waals surface area contributed by atoms with Gasteiger partial charge in [0.2, 0.25) is 0 Å². The number of nitrogens with zero attached hydrogens (tertiary/aromatic N) is 2. The van der Waals surface area contributed by atoms with E-state index in [2.05, 4.69) is 5.32 Å². The van der Waals surface area contributed by atoms with E-state index in [1.54, 1.807) is 23.2 Å². The number of Topliss-reactive ketones (excluding diaryl/α,β-unsaturated/α-hetero) is 1. The Hall–Kier alpha value is -3.79. The van der Waals surface area contributed by atoms with Crippen LogP contribution in [0.15, 0.2) is 54.9 Å². The molecule has 0 spiro atoms. The summed E-state index contributed by atoms with van der Waals surface area (Å²) in [6, 6.07) is 11.0. The van der Waals surface area contributed by atoms with Gasteiger partial charge in [0, 0.05) is 12.6 Å². The van der Waals surface area contributed by atoms with Crippen molar-refractivity contribution in [3.8, 4) is 0 Å². The lowest BCUT2D eigenvalue weighted by Gasteiger charge is -2.38. The molecule has 1 saturated heterocycles. The number of benzene rings is 1. The third-order valence-electron chi connectivity index (χ3n) is 6.22. The Morgan fingerprint density at radius 3 is 2.56 bits per heavy atom. The first kappa shape index (κ1) is 26.8. The Morgan fingerprint density at radius 2 is 1.89 bits per heavy atom. The number of amides is 2. The van der Waals surface area contributed by atoms with E-state index in [4.69, 9.17) is 9.47 Å². The molecule has 36 heavy (non-hydrogen) atoms. The number of aromatic nitrogens is 1. The molecule has 0 bridgehead atoms. The number of carbonyl (C=O) groups is 4. The summed E-state index contributed by atoms with van der Waals surface area (Å²) in [5.74, 6) is -1.94. The molecule has 2 N–H and O–H groups in total. The van der Waals surface area contributed by atoms with Crippen LogP contribution in [0.5, 0.6) is 0 Å². The SMILES string of the molecule is COC(=O)C(c1ccccc1)C1CCCCN1C(=O)OC[n+]1cccc(C(=O)NC(CO)C(C)=O)c1. The summed E-state index contributed by atoms with van der Waals surface area (Å²) in [6.45, 7) is 1.07. The Morgan fingerprint density at radius 1 is 1.14 bits per heavy atom. The van der Waals surface area contributed by atoms with Crippen LogP contribution in [-0.2, 0) is 25.8 Å². The Balaban J connectivity index is 1.71. The van der Waals surface area contributed by atoms with Crippen LogP contribution < -0.4 is 9.88 Å². The number of hydrogen-bond donors (Lipinski definition) is 2. The molecule has 10 heteroatoms. The molecule has 0 saturated carbocycles. The molecule has 1 aromatic carbocycles. The van der Waals surface area contributed by atoms with Crippen LogP contribution in [0.3, 0.4) is 0 Å². The molecule has 192 valence electrons.